The number of hydrogen-bond acceptors (Lipinski definition) is 4. The van der Waals surface area contributed by atoms with Crippen LogP contribution in [0.3, 0.4) is 0 Å². The maximum atomic E-state index is 11.8. The van der Waals surface area contributed by atoms with Gasteiger partial charge in [0.1, 0.15) is 5.75 Å². The fraction of sp³-hybridized carbons (Fsp3) is 0.333. The predicted octanol–water partition coefficient (Wildman–Crippen LogP) is 2.47. The number of nitrogens with zero attached hydrogens (tertiary/aromatic N) is 2. The Balaban J connectivity index is 1.75. The van der Waals surface area contributed by atoms with E-state index in [1.165, 1.54) is 6.08 Å². The molecule has 1 aromatic carbocycles. The molecule has 128 valence electrons. The van der Waals surface area contributed by atoms with E-state index in [2.05, 4.69) is 10.3 Å². The van der Waals surface area contributed by atoms with Crippen molar-refractivity contribution in [3.8, 4) is 5.75 Å². The van der Waals surface area contributed by atoms with Gasteiger partial charge in [-0.25, -0.2) is 4.98 Å². The Hall–Kier alpha value is -2.76. The molecule has 0 aliphatic carbocycles. The molecule has 6 heteroatoms. The van der Waals surface area contributed by atoms with Crippen molar-refractivity contribution in [3.63, 3.8) is 0 Å². The first-order chi connectivity index (χ1) is 11.7. The van der Waals surface area contributed by atoms with Gasteiger partial charge in [0, 0.05) is 31.6 Å². The average molecular weight is 328 g/mol. The fourth-order valence-electron chi connectivity index (χ4n) is 2.14. The maximum absolute atomic E-state index is 11.8. The highest BCUT2D eigenvalue weighted by Crippen LogP contribution is 2.23. The minimum Gasteiger partial charge on any atom is -0.491 e. The van der Waals surface area contributed by atoms with Gasteiger partial charge in [0.15, 0.2) is 0 Å². The summed E-state index contributed by atoms with van der Waals surface area (Å²) >= 11 is 0. The number of hydrogen-bond donors (Lipinski definition) is 2. The molecule has 3 N–H and O–H groups in total. The molecule has 2 aromatic rings. The van der Waals surface area contributed by atoms with Crippen molar-refractivity contribution < 1.29 is 9.53 Å². The van der Waals surface area contributed by atoms with Crippen molar-refractivity contribution in [3.05, 3.63) is 48.6 Å². The number of rotatable bonds is 9. The zero-order valence-corrected chi connectivity index (χ0v) is 13.9. The number of aryl methyl sites for hydroxylation is 1. The molecule has 1 aromatic heterocycles. The zero-order chi connectivity index (χ0) is 17.2. The third-order valence-electron chi connectivity index (χ3n) is 3.37. The summed E-state index contributed by atoms with van der Waals surface area (Å²) in [7, 11) is 0. The molecule has 0 aliphatic heterocycles. The van der Waals surface area contributed by atoms with Gasteiger partial charge in [-0.3, -0.25) is 4.79 Å². The smallest absolute Gasteiger partial charge is 0.244 e. The van der Waals surface area contributed by atoms with E-state index in [-0.39, 0.29) is 5.91 Å². The first-order valence-corrected chi connectivity index (χ1v) is 8.13. The van der Waals surface area contributed by atoms with Gasteiger partial charge in [-0.2, -0.15) is 0 Å². The molecule has 2 rings (SSSR count). The summed E-state index contributed by atoms with van der Waals surface area (Å²) in [4.78, 5) is 15.8. The van der Waals surface area contributed by atoms with Gasteiger partial charge in [0.05, 0.1) is 18.6 Å². The monoisotopic (exact) mass is 328 g/mol. The number of nitrogens with two attached hydrogens (primary N) is 1. The second-order valence-electron chi connectivity index (χ2n) is 5.42. The van der Waals surface area contributed by atoms with E-state index in [4.69, 9.17) is 10.5 Å². The van der Waals surface area contributed by atoms with Crippen molar-refractivity contribution in [1.82, 2.24) is 14.9 Å². The lowest BCUT2D eigenvalue weighted by molar-refractivity contribution is -0.116. The summed E-state index contributed by atoms with van der Waals surface area (Å²) in [5.41, 5.74) is 7.39. The number of nitrogen functional groups attached to an aromatic ring is 1. The van der Waals surface area contributed by atoms with Gasteiger partial charge in [0.25, 0.3) is 0 Å². The van der Waals surface area contributed by atoms with E-state index in [0.29, 0.717) is 24.6 Å². The second kappa shape index (κ2) is 9.39. The molecule has 0 saturated heterocycles. The number of anilines is 1. The predicted molar refractivity (Wildman–Crippen MR) is 95.5 cm³/mol. The molecule has 6 nitrogen and oxygen atoms in total. The zero-order valence-electron chi connectivity index (χ0n) is 13.9. The molecule has 0 unspecified atom stereocenters. The van der Waals surface area contributed by atoms with Crippen LogP contribution in [0.1, 0.15) is 25.3 Å². The van der Waals surface area contributed by atoms with Crippen LogP contribution in [0, 0.1) is 0 Å². The van der Waals surface area contributed by atoms with Gasteiger partial charge in [-0.15, -0.1) is 0 Å². The molecule has 0 radical (unpaired) electrons. The Morgan fingerprint density at radius 1 is 1.46 bits per heavy atom. The van der Waals surface area contributed by atoms with Crippen molar-refractivity contribution in [2.75, 3.05) is 18.9 Å². The standard InChI is InChI=1S/C18H24N4O2/c1-2-12-24-17-6-4-15(13-16(17)19)5-7-18(23)21-8-3-10-22-11-9-20-14-22/h4-7,9,11,13-14H,2-3,8,10,12,19H2,1H3,(H,21,23)/b7-5-. The molecule has 0 aliphatic rings. The van der Waals surface area contributed by atoms with Crippen LogP contribution in [0.2, 0.25) is 0 Å². The lowest BCUT2D eigenvalue weighted by atomic mass is 10.1. The van der Waals surface area contributed by atoms with Crippen molar-refractivity contribution in [2.24, 2.45) is 0 Å². The molecule has 0 fully saturated rings. The summed E-state index contributed by atoms with van der Waals surface area (Å²) in [6.45, 7) is 4.13. The van der Waals surface area contributed by atoms with Gasteiger partial charge in [-0.05, 0) is 36.6 Å². The average Bonchev–Trinajstić information content (AvgIpc) is 3.09. The first kappa shape index (κ1) is 17.6. The number of imidazole rings is 1. The maximum Gasteiger partial charge on any atom is 0.244 e. The summed E-state index contributed by atoms with van der Waals surface area (Å²) in [5, 5.41) is 2.85. The Morgan fingerprint density at radius 3 is 3.04 bits per heavy atom. The highest BCUT2D eigenvalue weighted by Gasteiger charge is 2.01. The van der Waals surface area contributed by atoms with Crippen LogP contribution in [0.25, 0.3) is 6.08 Å². The molecule has 0 spiro atoms. The van der Waals surface area contributed by atoms with Crippen LogP contribution in [0.4, 0.5) is 5.69 Å². The molecular weight excluding hydrogens is 304 g/mol. The van der Waals surface area contributed by atoms with Crippen LogP contribution in [0.15, 0.2) is 43.0 Å². The largest absolute Gasteiger partial charge is 0.491 e. The fourth-order valence-corrected chi connectivity index (χ4v) is 2.14. The van der Waals surface area contributed by atoms with Gasteiger partial charge < -0.3 is 20.4 Å². The van der Waals surface area contributed by atoms with Crippen LogP contribution >= 0.6 is 0 Å². The summed E-state index contributed by atoms with van der Waals surface area (Å²) < 4.78 is 7.51. The van der Waals surface area contributed by atoms with E-state index in [1.54, 1.807) is 24.7 Å². The van der Waals surface area contributed by atoms with E-state index in [1.807, 2.05) is 29.8 Å². The topological polar surface area (TPSA) is 82.2 Å². The SMILES string of the molecule is CCCOc1ccc(/C=C\C(=O)NCCCn2ccnc2)cc1N. The van der Waals surface area contributed by atoms with Crippen molar-refractivity contribution in [2.45, 2.75) is 26.3 Å². The van der Waals surface area contributed by atoms with E-state index < -0.39 is 0 Å². The summed E-state index contributed by atoms with van der Waals surface area (Å²) in [5.74, 6) is 0.559. The van der Waals surface area contributed by atoms with Crippen LogP contribution in [-0.4, -0.2) is 28.6 Å². The molecule has 0 saturated carbocycles. The highest BCUT2D eigenvalue weighted by molar-refractivity contribution is 5.91. The number of benzene rings is 1. The Bertz CT molecular complexity index is 666. The molecule has 1 heterocycles. The van der Waals surface area contributed by atoms with Crippen LogP contribution in [0.5, 0.6) is 5.75 Å². The normalized spacial score (nSPS) is 10.9. The number of amides is 1. The van der Waals surface area contributed by atoms with E-state index in [0.717, 1.165) is 24.9 Å². The summed E-state index contributed by atoms with van der Waals surface area (Å²) in [6.07, 6.45) is 10.4. The molecule has 0 atom stereocenters. The lowest BCUT2D eigenvalue weighted by Crippen LogP contribution is -2.22. The molecule has 24 heavy (non-hydrogen) atoms. The van der Waals surface area contributed by atoms with Gasteiger partial charge in [0.2, 0.25) is 5.91 Å². The van der Waals surface area contributed by atoms with Crippen molar-refractivity contribution in [1.29, 1.82) is 0 Å². The quantitative estimate of drug-likeness (QED) is 0.421. The van der Waals surface area contributed by atoms with Gasteiger partial charge >= 0.3 is 0 Å². The highest BCUT2D eigenvalue weighted by atomic mass is 16.5. The number of aromatic nitrogens is 2. The Labute approximate surface area is 142 Å². The molecule has 1 amide bonds. The van der Waals surface area contributed by atoms with E-state index >= 15 is 0 Å². The van der Waals surface area contributed by atoms with Crippen molar-refractivity contribution >= 4 is 17.7 Å². The lowest BCUT2D eigenvalue weighted by Gasteiger charge is -2.08. The number of carbonyl (C=O) groups is 1. The summed E-state index contributed by atoms with van der Waals surface area (Å²) in [6, 6.07) is 5.51. The molecule has 0 bridgehead atoms. The first-order valence-electron chi connectivity index (χ1n) is 8.13. The Kier molecular flexibility index (Phi) is 6.89. The number of ether oxygens (including phenoxy) is 1. The van der Waals surface area contributed by atoms with Crippen LogP contribution in [-0.2, 0) is 11.3 Å². The minimum absolute atomic E-state index is 0.120. The Morgan fingerprint density at radius 2 is 2.33 bits per heavy atom. The van der Waals surface area contributed by atoms with E-state index in [9.17, 15) is 4.79 Å². The third-order valence-corrected chi connectivity index (χ3v) is 3.37. The number of carbonyl (C=O) groups excluding carboxylic acids is 1. The van der Waals surface area contributed by atoms with Crippen LogP contribution < -0.4 is 15.8 Å². The third kappa shape index (κ3) is 5.79. The van der Waals surface area contributed by atoms with Gasteiger partial charge in [-0.1, -0.05) is 13.0 Å². The second-order valence-corrected chi connectivity index (χ2v) is 5.42. The molecular formula is C18H24N4O2. The number of nitrogens with one attached hydrogen (secondary N) is 1. The minimum atomic E-state index is -0.120.